The Bertz CT molecular complexity index is 528. The van der Waals surface area contributed by atoms with E-state index in [4.69, 9.17) is 16.3 Å². The molecule has 0 aliphatic rings. The van der Waals surface area contributed by atoms with E-state index in [-0.39, 0.29) is 6.04 Å². The van der Waals surface area contributed by atoms with Crippen LogP contribution >= 0.6 is 11.6 Å². The average Bonchev–Trinajstić information content (AvgIpc) is 2.46. The molecule has 0 radical (unpaired) electrons. The molecule has 1 aromatic carbocycles. The molecule has 2 rings (SSSR count). The van der Waals surface area contributed by atoms with E-state index in [0.29, 0.717) is 12.4 Å². The van der Waals surface area contributed by atoms with E-state index < -0.39 is 0 Å². The van der Waals surface area contributed by atoms with Crippen LogP contribution in [-0.2, 0) is 6.54 Å². The van der Waals surface area contributed by atoms with Crippen LogP contribution in [0.4, 0.5) is 0 Å². The van der Waals surface area contributed by atoms with E-state index in [1.807, 2.05) is 42.5 Å². The SMILES string of the molecule is COc1cccc(CNC(C)c2ccc(Cl)cc2)n1. The number of ether oxygens (including phenoxy) is 1. The quantitative estimate of drug-likeness (QED) is 0.906. The van der Waals surface area contributed by atoms with Crippen LogP contribution in [0, 0.1) is 0 Å². The summed E-state index contributed by atoms with van der Waals surface area (Å²) in [5.74, 6) is 0.637. The Morgan fingerprint density at radius 2 is 1.95 bits per heavy atom. The zero-order valence-corrected chi connectivity index (χ0v) is 11.8. The van der Waals surface area contributed by atoms with Crippen LogP contribution in [0.2, 0.25) is 5.02 Å². The highest BCUT2D eigenvalue weighted by atomic mass is 35.5. The molecule has 0 saturated heterocycles. The monoisotopic (exact) mass is 276 g/mol. The topological polar surface area (TPSA) is 34.1 Å². The molecular formula is C15H17ClN2O. The molecule has 1 atom stereocenters. The van der Waals surface area contributed by atoms with Gasteiger partial charge in [-0.2, -0.15) is 0 Å². The van der Waals surface area contributed by atoms with E-state index in [2.05, 4.69) is 17.2 Å². The van der Waals surface area contributed by atoms with Gasteiger partial charge in [0.1, 0.15) is 0 Å². The molecule has 2 aromatic rings. The second-order valence-corrected chi connectivity index (χ2v) is 4.76. The van der Waals surface area contributed by atoms with Gasteiger partial charge in [0.05, 0.1) is 12.8 Å². The van der Waals surface area contributed by atoms with Gasteiger partial charge >= 0.3 is 0 Å². The molecule has 0 aliphatic carbocycles. The summed E-state index contributed by atoms with van der Waals surface area (Å²) < 4.78 is 5.11. The molecule has 3 nitrogen and oxygen atoms in total. The van der Waals surface area contributed by atoms with E-state index in [0.717, 1.165) is 10.7 Å². The highest BCUT2D eigenvalue weighted by Gasteiger charge is 2.05. The zero-order chi connectivity index (χ0) is 13.7. The standard InChI is InChI=1S/C15H17ClN2O/c1-11(12-6-8-13(16)9-7-12)17-10-14-4-3-5-15(18-14)19-2/h3-9,11,17H,10H2,1-2H3. The van der Waals surface area contributed by atoms with Gasteiger partial charge in [-0.15, -0.1) is 0 Å². The molecule has 19 heavy (non-hydrogen) atoms. The minimum atomic E-state index is 0.241. The van der Waals surface area contributed by atoms with Gasteiger partial charge in [0.15, 0.2) is 0 Å². The Morgan fingerprint density at radius 1 is 1.21 bits per heavy atom. The summed E-state index contributed by atoms with van der Waals surface area (Å²) >= 11 is 5.88. The number of hydrogen-bond acceptors (Lipinski definition) is 3. The molecule has 1 unspecified atom stereocenters. The summed E-state index contributed by atoms with van der Waals surface area (Å²) in [6.45, 7) is 2.81. The lowest BCUT2D eigenvalue weighted by molar-refractivity contribution is 0.395. The van der Waals surface area contributed by atoms with Gasteiger partial charge in [-0.3, -0.25) is 0 Å². The van der Waals surface area contributed by atoms with Crippen molar-refractivity contribution >= 4 is 11.6 Å². The number of benzene rings is 1. The van der Waals surface area contributed by atoms with Crippen LogP contribution in [0.25, 0.3) is 0 Å². The number of hydrogen-bond donors (Lipinski definition) is 1. The fourth-order valence-electron chi connectivity index (χ4n) is 1.80. The molecule has 0 spiro atoms. The van der Waals surface area contributed by atoms with Crippen molar-refractivity contribution in [1.82, 2.24) is 10.3 Å². The highest BCUT2D eigenvalue weighted by Crippen LogP contribution is 2.16. The number of aromatic nitrogens is 1. The maximum absolute atomic E-state index is 5.88. The molecule has 0 amide bonds. The molecule has 0 saturated carbocycles. The zero-order valence-electron chi connectivity index (χ0n) is 11.1. The number of nitrogens with one attached hydrogen (secondary N) is 1. The fraction of sp³-hybridized carbons (Fsp3) is 0.267. The van der Waals surface area contributed by atoms with E-state index in [1.54, 1.807) is 7.11 Å². The van der Waals surface area contributed by atoms with Crippen molar-refractivity contribution < 1.29 is 4.74 Å². The summed E-state index contributed by atoms with van der Waals surface area (Å²) in [6, 6.07) is 13.9. The molecule has 4 heteroatoms. The lowest BCUT2D eigenvalue weighted by Gasteiger charge is -2.14. The fourth-order valence-corrected chi connectivity index (χ4v) is 1.92. The third kappa shape index (κ3) is 3.94. The van der Waals surface area contributed by atoms with Gasteiger partial charge in [0.25, 0.3) is 0 Å². The second kappa shape index (κ2) is 6.55. The van der Waals surface area contributed by atoms with Crippen molar-refractivity contribution in [3.8, 4) is 5.88 Å². The Balaban J connectivity index is 1.96. The van der Waals surface area contributed by atoms with E-state index in [1.165, 1.54) is 5.56 Å². The molecular weight excluding hydrogens is 260 g/mol. The van der Waals surface area contributed by atoms with Crippen LogP contribution in [0.1, 0.15) is 24.2 Å². The van der Waals surface area contributed by atoms with Crippen molar-refractivity contribution in [3.05, 3.63) is 58.7 Å². The van der Waals surface area contributed by atoms with Crippen LogP contribution in [0.15, 0.2) is 42.5 Å². The van der Waals surface area contributed by atoms with Crippen molar-refractivity contribution in [2.24, 2.45) is 0 Å². The van der Waals surface area contributed by atoms with E-state index >= 15 is 0 Å². The van der Waals surface area contributed by atoms with Gasteiger partial charge < -0.3 is 10.1 Å². The second-order valence-electron chi connectivity index (χ2n) is 4.33. The summed E-state index contributed by atoms with van der Waals surface area (Å²) in [7, 11) is 1.62. The minimum absolute atomic E-state index is 0.241. The predicted molar refractivity (Wildman–Crippen MR) is 77.5 cm³/mol. The summed E-state index contributed by atoms with van der Waals surface area (Å²) in [5, 5.41) is 4.18. The van der Waals surface area contributed by atoms with Crippen molar-refractivity contribution in [3.63, 3.8) is 0 Å². The Hall–Kier alpha value is -1.58. The Labute approximate surface area is 118 Å². The molecule has 100 valence electrons. The van der Waals surface area contributed by atoms with Gasteiger partial charge in [-0.05, 0) is 30.7 Å². The smallest absolute Gasteiger partial charge is 0.213 e. The number of methoxy groups -OCH3 is 1. The number of rotatable bonds is 5. The summed E-state index contributed by atoms with van der Waals surface area (Å²) in [6.07, 6.45) is 0. The lowest BCUT2D eigenvalue weighted by Crippen LogP contribution is -2.18. The Morgan fingerprint density at radius 3 is 2.63 bits per heavy atom. The van der Waals surface area contributed by atoms with Crippen LogP contribution in [0.5, 0.6) is 5.88 Å². The predicted octanol–water partition coefficient (Wildman–Crippen LogP) is 3.59. The van der Waals surface area contributed by atoms with E-state index in [9.17, 15) is 0 Å². The number of nitrogens with zero attached hydrogens (tertiary/aromatic N) is 1. The average molecular weight is 277 g/mol. The summed E-state index contributed by atoms with van der Waals surface area (Å²) in [5.41, 5.74) is 2.16. The summed E-state index contributed by atoms with van der Waals surface area (Å²) in [4.78, 5) is 4.37. The minimum Gasteiger partial charge on any atom is -0.481 e. The Kier molecular flexibility index (Phi) is 4.77. The van der Waals surface area contributed by atoms with Gasteiger partial charge in [-0.25, -0.2) is 4.98 Å². The van der Waals surface area contributed by atoms with Gasteiger partial charge in [-0.1, -0.05) is 29.8 Å². The molecule has 1 heterocycles. The van der Waals surface area contributed by atoms with Crippen molar-refractivity contribution in [1.29, 1.82) is 0 Å². The normalized spacial score (nSPS) is 12.2. The van der Waals surface area contributed by atoms with Crippen LogP contribution in [0.3, 0.4) is 0 Å². The van der Waals surface area contributed by atoms with Gasteiger partial charge in [0.2, 0.25) is 5.88 Å². The molecule has 1 aromatic heterocycles. The van der Waals surface area contributed by atoms with Crippen LogP contribution in [-0.4, -0.2) is 12.1 Å². The molecule has 0 aliphatic heterocycles. The third-order valence-electron chi connectivity index (χ3n) is 2.95. The number of pyridine rings is 1. The molecule has 0 fully saturated rings. The molecule has 0 bridgehead atoms. The first-order chi connectivity index (χ1) is 9.19. The van der Waals surface area contributed by atoms with Crippen LogP contribution < -0.4 is 10.1 Å². The largest absolute Gasteiger partial charge is 0.481 e. The lowest BCUT2D eigenvalue weighted by atomic mass is 10.1. The third-order valence-corrected chi connectivity index (χ3v) is 3.20. The maximum atomic E-state index is 5.88. The number of halogens is 1. The molecule has 1 N–H and O–H groups in total. The highest BCUT2D eigenvalue weighted by molar-refractivity contribution is 6.30. The first kappa shape index (κ1) is 13.8. The first-order valence-corrected chi connectivity index (χ1v) is 6.55. The van der Waals surface area contributed by atoms with Crippen molar-refractivity contribution in [2.75, 3.05) is 7.11 Å². The van der Waals surface area contributed by atoms with Gasteiger partial charge in [0, 0.05) is 23.7 Å². The maximum Gasteiger partial charge on any atom is 0.213 e. The first-order valence-electron chi connectivity index (χ1n) is 6.18. The van der Waals surface area contributed by atoms with Crippen molar-refractivity contribution in [2.45, 2.75) is 19.5 Å².